The van der Waals surface area contributed by atoms with Crippen LogP contribution in [0.3, 0.4) is 0 Å². The van der Waals surface area contributed by atoms with E-state index in [1.54, 1.807) is 7.11 Å². The van der Waals surface area contributed by atoms with Crippen LogP contribution in [-0.2, 0) is 43.2 Å². The van der Waals surface area contributed by atoms with Gasteiger partial charge in [0.2, 0.25) is 5.91 Å². The predicted octanol–water partition coefficient (Wildman–Crippen LogP) is 5.61. The number of carbonyl (C=O) groups is 3. The van der Waals surface area contributed by atoms with Crippen LogP contribution in [0.1, 0.15) is 69.3 Å². The Morgan fingerprint density at radius 3 is 2.63 bits per heavy atom. The number of cyclic esters (lactones) is 1. The molecule has 2 amide bonds. The first-order valence-electron chi connectivity index (χ1n) is 20.6. The van der Waals surface area contributed by atoms with Crippen molar-refractivity contribution < 1.29 is 32.6 Å². The highest BCUT2D eigenvalue weighted by atomic mass is 32.1. The average molecular weight is 833 g/mol. The van der Waals surface area contributed by atoms with Crippen molar-refractivity contribution >= 4 is 45.7 Å². The number of halogens is 2. The molecule has 16 heteroatoms. The number of fused-ring (bicyclic) bond motifs is 6. The third-order valence-corrected chi connectivity index (χ3v) is 13.1. The van der Waals surface area contributed by atoms with Gasteiger partial charge < -0.3 is 29.2 Å². The summed E-state index contributed by atoms with van der Waals surface area (Å²) in [6.45, 7) is 13.1. The number of aromatic nitrogens is 3. The van der Waals surface area contributed by atoms with Gasteiger partial charge in [0.1, 0.15) is 18.0 Å². The molecule has 2 saturated heterocycles. The molecule has 0 unspecified atom stereocenters. The molecule has 4 aromatic rings. The van der Waals surface area contributed by atoms with E-state index in [0.29, 0.717) is 36.5 Å². The number of likely N-dealkylation sites (N-methyl/N-ethyl adjacent to an activating group) is 1. The van der Waals surface area contributed by atoms with E-state index in [0.717, 1.165) is 70.8 Å². The zero-order valence-corrected chi connectivity index (χ0v) is 35.5. The fourth-order valence-corrected chi connectivity index (χ4v) is 9.46. The van der Waals surface area contributed by atoms with Gasteiger partial charge in [0, 0.05) is 92.0 Å². The zero-order valence-electron chi connectivity index (χ0n) is 34.6. The summed E-state index contributed by atoms with van der Waals surface area (Å²) < 4.78 is 42.3. The molecule has 8 rings (SSSR count). The lowest BCUT2D eigenvalue weighted by atomic mass is 9.84. The Morgan fingerprint density at radius 1 is 1.15 bits per heavy atom. The highest BCUT2D eigenvalue weighted by molar-refractivity contribution is 7.10. The standard InChI is InChI=1S/C43H54F2N8O5S/c1-7-52-35-11-10-26-17-28(35)30(38(52)29-18-27(22-46-37(29)25(2)57-6)51-15-13-50(5)14-16-51)20-42(3,4)24-58-41(56)32-9-8-12-53(49-32)40(55)33(19-36-47-34(26)23-59-36)48-39(54)31-21-43(31,44)45/h10-11,17-18,22-23,25,31-33,49H,7-9,12-16,19-21,24H2,1-6H3,(H,48,54)/t25-,31+,32-,33-/m0/s1. The number of rotatable bonds is 7. The van der Waals surface area contributed by atoms with Gasteiger partial charge in [0.25, 0.3) is 11.8 Å². The number of nitrogens with zero attached hydrogens (tertiary/aromatic N) is 6. The smallest absolute Gasteiger partial charge is 0.324 e. The Bertz CT molecular complexity index is 2250. The maximum Gasteiger partial charge on any atom is 0.324 e. The lowest BCUT2D eigenvalue weighted by Crippen LogP contribution is -2.60. The normalized spacial score (nSPS) is 24.1. The topological polar surface area (TPSA) is 134 Å². The van der Waals surface area contributed by atoms with Crippen LogP contribution in [-0.4, -0.2) is 114 Å². The van der Waals surface area contributed by atoms with Crippen molar-refractivity contribution in [2.24, 2.45) is 11.3 Å². The molecule has 1 aromatic carbocycles. The molecule has 6 bridgehead atoms. The predicted molar refractivity (Wildman–Crippen MR) is 222 cm³/mol. The first-order chi connectivity index (χ1) is 28.2. The average Bonchev–Trinajstić information content (AvgIpc) is 3.50. The Hall–Kier alpha value is -4.51. The molecule has 6 heterocycles. The number of hydrazine groups is 1. The van der Waals surface area contributed by atoms with Crippen LogP contribution in [0.2, 0.25) is 0 Å². The molecule has 4 aliphatic rings. The van der Waals surface area contributed by atoms with Crippen molar-refractivity contribution in [2.45, 2.75) is 90.5 Å². The summed E-state index contributed by atoms with van der Waals surface area (Å²) in [6.07, 6.45) is 2.63. The van der Waals surface area contributed by atoms with Crippen LogP contribution in [0.5, 0.6) is 0 Å². The van der Waals surface area contributed by atoms with E-state index in [9.17, 15) is 23.2 Å². The summed E-state index contributed by atoms with van der Waals surface area (Å²) in [5, 5.41) is 7.44. The van der Waals surface area contributed by atoms with Gasteiger partial charge in [0.15, 0.2) is 0 Å². The second-order valence-corrected chi connectivity index (χ2v) is 18.2. The minimum absolute atomic E-state index is 0.00399. The summed E-state index contributed by atoms with van der Waals surface area (Å²) >= 11 is 1.34. The van der Waals surface area contributed by atoms with Crippen LogP contribution in [0.15, 0.2) is 35.8 Å². The number of hydrogen-bond acceptors (Lipinski definition) is 11. The molecule has 59 heavy (non-hydrogen) atoms. The first-order valence-corrected chi connectivity index (χ1v) is 21.5. The number of ether oxygens (including phenoxy) is 2. The maximum absolute atomic E-state index is 14.0. The summed E-state index contributed by atoms with van der Waals surface area (Å²) in [5.41, 5.74) is 10.1. The molecule has 13 nitrogen and oxygen atoms in total. The summed E-state index contributed by atoms with van der Waals surface area (Å²) in [7, 11) is 3.84. The monoisotopic (exact) mass is 832 g/mol. The van der Waals surface area contributed by atoms with Gasteiger partial charge in [-0.05, 0) is 63.9 Å². The minimum Gasteiger partial charge on any atom is -0.464 e. The van der Waals surface area contributed by atoms with E-state index in [2.05, 4.69) is 71.1 Å². The molecule has 3 fully saturated rings. The Labute approximate surface area is 347 Å². The van der Waals surface area contributed by atoms with Gasteiger partial charge in [-0.15, -0.1) is 11.3 Å². The van der Waals surface area contributed by atoms with Crippen molar-refractivity contribution in [2.75, 3.05) is 58.4 Å². The third kappa shape index (κ3) is 8.33. The molecule has 316 valence electrons. The maximum atomic E-state index is 14.0. The van der Waals surface area contributed by atoms with Crippen LogP contribution in [0.25, 0.3) is 33.4 Å². The molecule has 4 atom stereocenters. The number of carbonyl (C=O) groups excluding carboxylic acids is 3. The molecule has 2 N–H and O–H groups in total. The van der Waals surface area contributed by atoms with Crippen molar-refractivity contribution in [1.82, 2.24) is 35.2 Å². The quantitative estimate of drug-likeness (QED) is 0.227. The number of alkyl halides is 2. The molecule has 3 aliphatic heterocycles. The highest BCUT2D eigenvalue weighted by Gasteiger charge is 2.61. The van der Waals surface area contributed by atoms with Crippen LogP contribution in [0, 0.1) is 11.3 Å². The number of pyridine rings is 1. The number of amides is 2. The van der Waals surface area contributed by atoms with E-state index < -0.39 is 53.5 Å². The molecular formula is C43H54F2N8O5S. The summed E-state index contributed by atoms with van der Waals surface area (Å²) in [5.74, 6) is -6.45. The Kier molecular flexibility index (Phi) is 11.3. The lowest BCUT2D eigenvalue weighted by Gasteiger charge is -2.35. The molecule has 3 aromatic heterocycles. The van der Waals surface area contributed by atoms with Gasteiger partial charge in [-0.25, -0.2) is 19.2 Å². The Morgan fingerprint density at radius 2 is 1.92 bits per heavy atom. The van der Waals surface area contributed by atoms with Gasteiger partial charge in [0.05, 0.1) is 46.7 Å². The van der Waals surface area contributed by atoms with Gasteiger partial charge >= 0.3 is 5.97 Å². The molecule has 1 saturated carbocycles. The third-order valence-electron chi connectivity index (χ3n) is 12.2. The van der Waals surface area contributed by atoms with E-state index in [4.69, 9.17) is 19.4 Å². The molecule has 0 spiro atoms. The van der Waals surface area contributed by atoms with E-state index in [1.165, 1.54) is 16.3 Å². The largest absolute Gasteiger partial charge is 0.464 e. The number of benzene rings is 1. The lowest BCUT2D eigenvalue weighted by molar-refractivity contribution is -0.155. The van der Waals surface area contributed by atoms with E-state index in [-0.39, 0.29) is 25.7 Å². The Balaban J connectivity index is 1.26. The van der Waals surface area contributed by atoms with Gasteiger partial charge in [-0.3, -0.25) is 24.4 Å². The minimum atomic E-state index is -3.09. The number of anilines is 1. The second kappa shape index (κ2) is 16.2. The van der Waals surface area contributed by atoms with E-state index in [1.807, 2.05) is 24.6 Å². The number of esters is 1. The second-order valence-electron chi connectivity index (χ2n) is 17.3. The first kappa shape index (κ1) is 41.2. The molecule has 0 radical (unpaired) electrons. The molecule has 1 aliphatic carbocycles. The van der Waals surface area contributed by atoms with Crippen molar-refractivity contribution in [1.29, 1.82) is 0 Å². The van der Waals surface area contributed by atoms with E-state index >= 15 is 0 Å². The molecular weight excluding hydrogens is 779 g/mol. The van der Waals surface area contributed by atoms with Crippen LogP contribution < -0.4 is 15.6 Å². The SMILES string of the molecule is CCn1c(-c2cc(N3CCN(C)CC3)cnc2[C@H](C)OC)c2c3cc(ccc31)-c1csc(n1)C[C@H](NC(=O)[C@H]1CC1(F)F)C(=O)N1CCC[C@H](N1)C(=O)OCC(C)(C)C2. The van der Waals surface area contributed by atoms with Gasteiger partial charge in [-0.1, -0.05) is 19.9 Å². The summed E-state index contributed by atoms with van der Waals surface area (Å²) in [6, 6.07) is 6.59. The highest BCUT2D eigenvalue weighted by Crippen LogP contribution is 2.49. The van der Waals surface area contributed by atoms with Crippen molar-refractivity contribution in [3.05, 3.63) is 52.1 Å². The zero-order chi connectivity index (χ0) is 41.8. The number of thiazole rings is 1. The number of nitrogens with one attached hydrogen (secondary N) is 2. The number of hydrogen-bond donors (Lipinski definition) is 2. The fraction of sp³-hybridized carbons (Fsp3) is 0.558. The van der Waals surface area contributed by atoms with Gasteiger partial charge in [-0.2, -0.15) is 0 Å². The number of methoxy groups -OCH3 is 1. The van der Waals surface area contributed by atoms with Crippen LogP contribution in [0.4, 0.5) is 14.5 Å². The van der Waals surface area contributed by atoms with Crippen molar-refractivity contribution in [3.8, 4) is 22.5 Å². The summed E-state index contributed by atoms with van der Waals surface area (Å²) in [4.78, 5) is 55.5. The fourth-order valence-electron chi connectivity index (χ4n) is 8.61. The van der Waals surface area contributed by atoms with Crippen LogP contribution >= 0.6 is 11.3 Å². The van der Waals surface area contributed by atoms with Crippen molar-refractivity contribution in [3.63, 3.8) is 0 Å². The number of piperazine rings is 1. The number of aryl methyl sites for hydroxylation is 1.